The van der Waals surface area contributed by atoms with Crippen LogP contribution in [-0.2, 0) is 37.4 Å². The Morgan fingerprint density at radius 2 is 1.58 bits per heavy atom. The molecule has 4 aliphatic rings. The number of nitrogens with one attached hydrogen (secondary N) is 1. The molecule has 6 atom stereocenters. The summed E-state index contributed by atoms with van der Waals surface area (Å²) < 4.78 is 47.4. The van der Waals surface area contributed by atoms with Crippen LogP contribution in [0.2, 0.25) is 5.02 Å². The summed E-state index contributed by atoms with van der Waals surface area (Å²) in [6, 6.07) is 32.0. The molecule has 0 spiro atoms. The van der Waals surface area contributed by atoms with E-state index in [2.05, 4.69) is 10.4 Å². The fourth-order valence-corrected chi connectivity index (χ4v) is 10.1. The average Bonchev–Trinajstić information content (AvgIpc) is 3.64. The normalized spacial score (nSPS) is 24.4. The van der Waals surface area contributed by atoms with E-state index in [1.165, 1.54) is 13.1 Å². The molecule has 11 nitrogen and oxygen atoms in total. The molecule has 1 aromatic heterocycles. The molecule has 2 saturated heterocycles. The fourth-order valence-electron chi connectivity index (χ4n) is 9.88. The Labute approximate surface area is 359 Å². The van der Waals surface area contributed by atoms with E-state index >= 15 is 9.59 Å². The number of halogens is 4. The maximum absolute atomic E-state index is 15.5. The van der Waals surface area contributed by atoms with Crippen molar-refractivity contribution in [3.63, 3.8) is 0 Å². The quantitative estimate of drug-likeness (QED) is 0.111. The van der Waals surface area contributed by atoms with E-state index in [1.54, 1.807) is 54.6 Å². The molecule has 1 saturated carbocycles. The lowest BCUT2D eigenvalue weighted by atomic mass is 9.49. The summed E-state index contributed by atoms with van der Waals surface area (Å²) in [5.74, 6) is -7.93. The second-order valence-electron chi connectivity index (χ2n) is 16.1. The number of aromatic hydroxyl groups is 1. The average molecular weight is 862 g/mol. The van der Waals surface area contributed by atoms with Crippen LogP contribution in [0.1, 0.15) is 46.7 Å². The summed E-state index contributed by atoms with van der Waals surface area (Å²) in [6.07, 6.45) is -3.05. The number of imide groups is 2. The van der Waals surface area contributed by atoms with Gasteiger partial charge in [-0.15, -0.1) is 0 Å². The highest BCUT2D eigenvalue weighted by atomic mass is 35.5. The lowest BCUT2D eigenvalue weighted by molar-refractivity contribution is -0.142. The molecule has 15 heteroatoms. The van der Waals surface area contributed by atoms with E-state index in [0.29, 0.717) is 34.2 Å². The van der Waals surface area contributed by atoms with Gasteiger partial charge in [0, 0.05) is 24.6 Å². The number of anilines is 2. The summed E-state index contributed by atoms with van der Waals surface area (Å²) in [7, 11) is 1.24. The van der Waals surface area contributed by atoms with Gasteiger partial charge in [0.1, 0.15) is 23.8 Å². The minimum atomic E-state index is -4.83. The molecule has 0 bridgehead atoms. The van der Waals surface area contributed by atoms with Crippen molar-refractivity contribution in [2.75, 3.05) is 17.5 Å². The molecule has 0 radical (unpaired) electrons. The molecule has 3 fully saturated rings. The Morgan fingerprint density at radius 1 is 0.887 bits per heavy atom. The van der Waals surface area contributed by atoms with Crippen LogP contribution in [-0.4, -0.2) is 50.8 Å². The Morgan fingerprint density at radius 3 is 2.26 bits per heavy atom. The molecule has 62 heavy (non-hydrogen) atoms. The monoisotopic (exact) mass is 861 g/mol. The van der Waals surface area contributed by atoms with Gasteiger partial charge in [0.2, 0.25) is 0 Å². The highest BCUT2D eigenvalue weighted by Crippen LogP contribution is 2.65. The van der Waals surface area contributed by atoms with Crippen LogP contribution in [0.5, 0.6) is 11.5 Å². The number of alkyl halides is 3. The summed E-state index contributed by atoms with van der Waals surface area (Å²) in [6.45, 7) is 2.12. The summed E-state index contributed by atoms with van der Waals surface area (Å²) >= 11 is 6.34. The minimum Gasteiger partial charge on any atom is -0.508 e. The maximum atomic E-state index is 15.5. The first-order chi connectivity index (χ1) is 29.7. The SMILES string of the molecule is Cc1ccc(NN2C(=O)[C@@H]3C[C@@H]4C(=CC[C@@H]5C(=O)N(N(C)c6nc(C(F)(F)F)ccc6Cl)C(=O)[C@@H]54)[C@H](c4ccc(OCc5ccccc5)cc4O)[C@]3(c3ccccc3)C2=O)cc1. The first-order valence-electron chi connectivity index (χ1n) is 20.0. The second-order valence-corrected chi connectivity index (χ2v) is 16.5. The Balaban J connectivity index is 1.17. The van der Waals surface area contributed by atoms with Gasteiger partial charge < -0.3 is 9.84 Å². The number of pyridine rings is 1. The first-order valence-corrected chi connectivity index (χ1v) is 20.4. The van der Waals surface area contributed by atoms with Gasteiger partial charge in [0.15, 0.2) is 5.82 Å². The number of aromatic nitrogens is 1. The van der Waals surface area contributed by atoms with Crippen LogP contribution in [0.25, 0.3) is 0 Å². The number of hydrazine groups is 2. The second kappa shape index (κ2) is 15.4. The van der Waals surface area contributed by atoms with E-state index in [-0.39, 0.29) is 30.2 Å². The zero-order valence-electron chi connectivity index (χ0n) is 33.3. The van der Waals surface area contributed by atoms with Crippen LogP contribution >= 0.6 is 11.6 Å². The van der Waals surface area contributed by atoms with Crippen molar-refractivity contribution in [1.82, 2.24) is 15.0 Å². The number of carbonyl (C=O) groups is 4. The maximum Gasteiger partial charge on any atom is 0.433 e. The number of hydrogen-bond donors (Lipinski definition) is 2. The van der Waals surface area contributed by atoms with E-state index < -0.39 is 76.3 Å². The van der Waals surface area contributed by atoms with Crippen molar-refractivity contribution >= 4 is 46.7 Å². The third kappa shape index (κ3) is 6.55. The van der Waals surface area contributed by atoms with Crippen molar-refractivity contribution in [1.29, 1.82) is 0 Å². The Bertz CT molecular complexity index is 2650. The van der Waals surface area contributed by atoms with Crippen LogP contribution in [0.3, 0.4) is 0 Å². The summed E-state index contributed by atoms with van der Waals surface area (Å²) in [5.41, 5.74) is 3.84. The van der Waals surface area contributed by atoms with Gasteiger partial charge in [-0.2, -0.15) is 23.2 Å². The number of phenols is 1. The van der Waals surface area contributed by atoms with Gasteiger partial charge in [-0.1, -0.05) is 108 Å². The largest absolute Gasteiger partial charge is 0.508 e. The minimum absolute atomic E-state index is 0.0215. The molecular weight excluding hydrogens is 823 g/mol. The van der Waals surface area contributed by atoms with Crippen LogP contribution in [0.4, 0.5) is 24.7 Å². The van der Waals surface area contributed by atoms with Crippen molar-refractivity contribution in [3.05, 3.63) is 160 Å². The zero-order valence-corrected chi connectivity index (χ0v) is 34.1. The number of fused-ring (bicyclic) bond motifs is 4. The van der Waals surface area contributed by atoms with Gasteiger partial charge in [-0.3, -0.25) is 29.6 Å². The number of amides is 4. The van der Waals surface area contributed by atoms with Crippen molar-refractivity contribution in [2.24, 2.45) is 23.7 Å². The predicted octanol–water partition coefficient (Wildman–Crippen LogP) is 8.38. The van der Waals surface area contributed by atoms with Gasteiger partial charge >= 0.3 is 6.18 Å². The molecule has 0 unspecified atom stereocenters. The molecular formula is C47H39ClF3N5O6. The molecule has 9 rings (SSSR count). The van der Waals surface area contributed by atoms with Gasteiger partial charge in [0.05, 0.1) is 33.9 Å². The Kier molecular flexibility index (Phi) is 10.1. The van der Waals surface area contributed by atoms with Crippen molar-refractivity contribution < 1.29 is 42.2 Å². The molecule has 4 aromatic carbocycles. The van der Waals surface area contributed by atoms with Crippen LogP contribution in [0, 0.1) is 30.6 Å². The molecule has 2 aliphatic heterocycles. The topological polar surface area (TPSA) is 132 Å². The number of hydrogen-bond acceptors (Lipinski definition) is 9. The lowest BCUT2D eigenvalue weighted by Crippen LogP contribution is -2.53. The molecule has 5 aromatic rings. The number of carbonyl (C=O) groups excluding carboxylic acids is 4. The molecule has 4 amide bonds. The number of rotatable bonds is 9. The molecule has 3 heterocycles. The van der Waals surface area contributed by atoms with Crippen LogP contribution in [0.15, 0.2) is 127 Å². The Hall–Kier alpha value is -6.67. The number of phenolic OH excluding ortho intramolecular Hbond substituents is 1. The number of ether oxygens (including phenoxy) is 1. The third-order valence-corrected chi connectivity index (χ3v) is 13.0. The number of nitrogens with zero attached hydrogens (tertiary/aromatic N) is 4. The first kappa shape index (κ1) is 40.7. The summed E-state index contributed by atoms with van der Waals surface area (Å²) in [4.78, 5) is 63.3. The fraction of sp³-hybridized carbons (Fsp3) is 0.255. The predicted molar refractivity (Wildman–Crippen MR) is 222 cm³/mol. The van der Waals surface area contributed by atoms with E-state index in [1.807, 2.05) is 55.5 Å². The van der Waals surface area contributed by atoms with E-state index in [9.17, 15) is 27.9 Å². The number of allylic oxidation sites excluding steroid dienone is 2. The molecule has 2 N–H and O–H groups in total. The highest BCUT2D eigenvalue weighted by molar-refractivity contribution is 6.33. The van der Waals surface area contributed by atoms with E-state index in [0.717, 1.165) is 32.2 Å². The standard InChI is InChI=1S/C47H39ClF3N5O6/c1-26-13-15-29(16-14-26)53-55-43(59)35-24-34-31(19-20-33-39(34)44(60)56(42(33)58)54(2)41-36(48)21-22-38(52-41)47(49,50)51)40(46(35,45(55)61)28-11-7-4-8-12-28)32-18-17-30(23-37(32)57)62-25-27-9-5-3-6-10-27/h3-19,21-23,33-35,39-40,53,57H,20,24-25H2,1-2H3/t33-,34+,35-,39-,40+,46+/m0/s1. The summed E-state index contributed by atoms with van der Waals surface area (Å²) in [5, 5.41) is 14.6. The number of benzene rings is 4. The molecule has 316 valence electrons. The van der Waals surface area contributed by atoms with Crippen molar-refractivity contribution in [3.8, 4) is 11.5 Å². The third-order valence-electron chi connectivity index (χ3n) is 12.7. The molecule has 2 aliphatic carbocycles. The lowest BCUT2D eigenvalue weighted by Gasteiger charge is -2.50. The smallest absolute Gasteiger partial charge is 0.433 e. The van der Waals surface area contributed by atoms with Gasteiger partial charge in [-0.25, -0.2) is 4.98 Å². The van der Waals surface area contributed by atoms with E-state index in [4.69, 9.17) is 16.3 Å². The van der Waals surface area contributed by atoms with Crippen LogP contribution < -0.4 is 15.2 Å². The number of aryl methyl sites for hydroxylation is 1. The van der Waals surface area contributed by atoms with Crippen molar-refractivity contribution in [2.45, 2.75) is 43.9 Å². The van der Waals surface area contributed by atoms with Gasteiger partial charge in [-0.05, 0) is 67.1 Å². The highest BCUT2D eigenvalue weighted by Gasteiger charge is 2.71. The zero-order chi connectivity index (χ0) is 43.7. The van der Waals surface area contributed by atoms with Gasteiger partial charge in [0.25, 0.3) is 23.6 Å².